The maximum atomic E-state index is 12.3. The molecule has 1 atom stereocenters. The normalized spacial score (nSPS) is 15.9. The summed E-state index contributed by atoms with van der Waals surface area (Å²) in [6.07, 6.45) is -0.0206. The summed E-state index contributed by atoms with van der Waals surface area (Å²) in [5, 5.41) is 0. The Kier molecular flexibility index (Phi) is 4.41. The fourth-order valence-electron chi connectivity index (χ4n) is 2.21. The van der Waals surface area contributed by atoms with Crippen molar-refractivity contribution < 1.29 is 40.4 Å². The number of amides is 2. The number of benzene rings is 1. The van der Waals surface area contributed by atoms with Gasteiger partial charge in [0.2, 0.25) is 0 Å². The molecule has 4 nitrogen and oxygen atoms in total. The summed E-state index contributed by atoms with van der Waals surface area (Å²) in [6.45, 7) is 4.27. The summed E-state index contributed by atoms with van der Waals surface area (Å²) in [4.78, 5) is 25.9. The van der Waals surface area contributed by atoms with Crippen molar-refractivity contribution >= 4 is 11.8 Å². The van der Waals surface area contributed by atoms with Crippen molar-refractivity contribution in [2.24, 2.45) is 0 Å². The first kappa shape index (κ1) is 14.7. The number of hydrogen-bond acceptors (Lipinski definition) is 3. The summed E-state index contributed by atoms with van der Waals surface area (Å²) in [5.41, 5.74) is 3.13. The van der Waals surface area contributed by atoms with Gasteiger partial charge in [0.05, 0.1) is 0 Å². The van der Waals surface area contributed by atoms with Crippen LogP contribution in [-0.2, 0) is 30.9 Å². The monoisotopic (exact) mass is 448 g/mol. The number of fused-ring (bicyclic) bond motifs is 1. The molecule has 0 saturated carbocycles. The van der Waals surface area contributed by atoms with Gasteiger partial charge in [0.25, 0.3) is 0 Å². The molecule has 2 amide bonds. The van der Waals surface area contributed by atoms with Crippen LogP contribution < -0.4 is 0 Å². The molecule has 0 aromatic heterocycles. The molecule has 0 spiro atoms. The number of ether oxygens (including phenoxy) is 1. The van der Waals surface area contributed by atoms with Gasteiger partial charge in [0.1, 0.15) is 0 Å². The second-order valence-corrected chi connectivity index (χ2v) is 7.09. The zero-order valence-corrected chi connectivity index (χ0v) is 17.0. The number of hydrogen-bond donors (Lipinski definition) is 0. The van der Waals surface area contributed by atoms with E-state index in [9.17, 15) is 9.59 Å². The summed E-state index contributed by atoms with van der Waals surface area (Å²) < 4.78 is 6.27. The van der Waals surface area contributed by atoms with Gasteiger partial charge in [-0.25, -0.2) is 0 Å². The van der Waals surface area contributed by atoms with E-state index in [2.05, 4.69) is 0 Å². The van der Waals surface area contributed by atoms with Crippen LogP contribution in [0.5, 0.6) is 0 Å². The van der Waals surface area contributed by atoms with Gasteiger partial charge >= 0.3 is 129 Å². The molecule has 1 aromatic rings. The molecule has 1 heterocycles. The summed E-state index contributed by atoms with van der Waals surface area (Å²) in [5.74, 6) is -0.376. The Morgan fingerprint density at radius 2 is 1.63 bits per heavy atom. The third-order valence-electron chi connectivity index (χ3n) is 3.63. The average molecular weight is 447 g/mol. The predicted molar refractivity (Wildman–Crippen MR) is 66.9 cm³/mol. The van der Waals surface area contributed by atoms with Gasteiger partial charge in [-0.2, -0.15) is 0 Å². The molecule has 2 rings (SSSR count). The van der Waals surface area contributed by atoms with E-state index < -0.39 is 0 Å². The molecule has 0 fully saturated rings. The van der Waals surface area contributed by atoms with Gasteiger partial charge in [-0.05, 0) is 0 Å². The van der Waals surface area contributed by atoms with E-state index in [0.29, 0.717) is 43.8 Å². The molecular formula is C14H16HgNO3. The van der Waals surface area contributed by atoms with Gasteiger partial charge in [-0.1, -0.05) is 0 Å². The molecule has 0 aliphatic carbocycles. The van der Waals surface area contributed by atoms with E-state index in [0.717, 1.165) is 15.1 Å². The number of carbonyl (C=O) groups excluding carboxylic acids is 2. The van der Waals surface area contributed by atoms with Crippen LogP contribution >= 0.6 is 0 Å². The SMILES string of the molecule is COC([CH2][Hg])CN1C(=O)c2cc(C)c(C)cc2C1=O. The molecule has 0 radical (unpaired) electrons. The van der Waals surface area contributed by atoms with Crippen LogP contribution in [0.15, 0.2) is 12.1 Å². The van der Waals surface area contributed by atoms with E-state index in [1.807, 2.05) is 26.0 Å². The first-order valence-corrected chi connectivity index (χ1v) is 10.2. The standard InChI is InChI=1S/C14H16NO3.Hg/c1-8-5-11-12(6-9(8)2)14(17)15(13(11)16)7-10(3)18-4;/h5-6,10H,3,7H2,1-2,4H3;. The van der Waals surface area contributed by atoms with E-state index in [-0.39, 0.29) is 17.9 Å². The molecule has 1 unspecified atom stereocenters. The van der Waals surface area contributed by atoms with Crippen molar-refractivity contribution in [3.63, 3.8) is 0 Å². The topological polar surface area (TPSA) is 46.6 Å². The molecule has 19 heavy (non-hydrogen) atoms. The fraction of sp³-hybridized carbons (Fsp3) is 0.429. The van der Waals surface area contributed by atoms with Gasteiger partial charge in [-0.3, -0.25) is 0 Å². The minimum atomic E-state index is -0.188. The second kappa shape index (κ2) is 5.71. The quantitative estimate of drug-likeness (QED) is 0.524. The summed E-state index contributed by atoms with van der Waals surface area (Å²) in [6, 6.07) is 3.63. The molecule has 1 aromatic carbocycles. The zero-order valence-electron chi connectivity index (χ0n) is 11.5. The molecule has 0 saturated heterocycles. The van der Waals surface area contributed by atoms with Crippen molar-refractivity contribution in [2.75, 3.05) is 13.7 Å². The Hall–Kier alpha value is -0.745. The number of imide groups is 1. The molecule has 5 heteroatoms. The third kappa shape index (κ3) is 2.61. The average Bonchev–Trinajstić information content (AvgIpc) is 2.61. The van der Waals surface area contributed by atoms with Gasteiger partial charge in [-0.15, -0.1) is 0 Å². The molecule has 97 valence electrons. The minimum absolute atomic E-state index is 0.0206. The predicted octanol–water partition coefficient (Wildman–Crippen LogP) is 1.88. The maximum absolute atomic E-state index is 12.3. The van der Waals surface area contributed by atoms with Crippen LogP contribution in [0.2, 0.25) is 3.93 Å². The number of rotatable bonds is 4. The van der Waals surface area contributed by atoms with Crippen molar-refractivity contribution in [1.82, 2.24) is 4.90 Å². The number of methoxy groups -OCH3 is 1. The Balaban J connectivity index is 2.34. The number of nitrogens with zero attached hydrogens (tertiary/aromatic N) is 1. The summed E-state index contributed by atoms with van der Waals surface area (Å²) in [7, 11) is 1.63. The number of aryl methyl sites for hydroxylation is 2. The van der Waals surface area contributed by atoms with E-state index in [4.69, 9.17) is 4.74 Å². The van der Waals surface area contributed by atoms with E-state index in [1.54, 1.807) is 7.11 Å². The van der Waals surface area contributed by atoms with Crippen LogP contribution in [0.1, 0.15) is 31.8 Å². The van der Waals surface area contributed by atoms with Crippen molar-refractivity contribution in [3.05, 3.63) is 34.4 Å². The van der Waals surface area contributed by atoms with Gasteiger partial charge in [0, 0.05) is 0 Å². The van der Waals surface area contributed by atoms with Crippen LogP contribution in [0, 0.1) is 13.8 Å². The molecule has 0 bridgehead atoms. The van der Waals surface area contributed by atoms with E-state index in [1.165, 1.54) is 4.90 Å². The second-order valence-electron chi connectivity index (χ2n) is 4.85. The van der Waals surface area contributed by atoms with Crippen LogP contribution in [0.3, 0.4) is 0 Å². The van der Waals surface area contributed by atoms with Crippen molar-refractivity contribution in [1.29, 1.82) is 0 Å². The first-order valence-electron chi connectivity index (χ1n) is 6.29. The Morgan fingerprint density at radius 3 is 2.00 bits per heavy atom. The Bertz CT molecular complexity index is 497. The molecule has 0 N–H and O–H groups in total. The molecular weight excluding hydrogens is 431 g/mol. The van der Waals surface area contributed by atoms with Gasteiger partial charge in [0.15, 0.2) is 0 Å². The van der Waals surface area contributed by atoms with Crippen LogP contribution in [-0.4, -0.2) is 36.5 Å². The Morgan fingerprint density at radius 1 is 1.16 bits per heavy atom. The van der Waals surface area contributed by atoms with Crippen molar-refractivity contribution in [3.8, 4) is 0 Å². The van der Waals surface area contributed by atoms with Crippen molar-refractivity contribution in [2.45, 2.75) is 23.9 Å². The summed E-state index contributed by atoms with van der Waals surface area (Å²) >= 11 is 0.589. The van der Waals surface area contributed by atoms with E-state index >= 15 is 0 Å². The van der Waals surface area contributed by atoms with Gasteiger partial charge < -0.3 is 0 Å². The fourth-order valence-corrected chi connectivity index (χ4v) is 3.83. The molecule has 1 aliphatic heterocycles. The third-order valence-corrected chi connectivity index (χ3v) is 6.13. The zero-order chi connectivity index (χ0) is 14.2. The first-order chi connectivity index (χ1) is 8.99. The Labute approximate surface area is 129 Å². The molecule has 1 aliphatic rings. The van der Waals surface area contributed by atoms with Crippen LogP contribution in [0.4, 0.5) is 0 Å². The van der Waals surface area contributed by atoms with Crippen LogP contribution in [0.25, 0.3) is 0 Å². The number of carbonyl (C=O) groups is 2.